The van der Waals surface area contributed by atoms with Gasteiger partial charge in [0.1, 0.15) is 10.8 Å². The van der Waals surface area contributed by atoms with Gasteiger partial charge in [0.15, 0.2) is 0 Å². The molecule has 1 heterocycles. The predicted molar refractivity (Wildman–Crippen MR) is 87.4 cm³/mol. The summed E-state index contributed by atoms with van der Waals surface area (Å²) in [5, 5.41) is 4.50. The van der Waals surface area contributed by atoms with Gasteiger partial charge in [0.05, 0.1) is 11.4 Å². The zero-order valence-electron chi connectivity index (χ0n) is 12.1. The van der Waals surface area contributed by atoms with Crippen LogP contribution in [0.25, 0.3) is 0 Å². The van der Waals surface area contributed by atoms with Gasteiger partial charge in [0, 0.05) is 22.2 Å². The molecule has 0 bridgehead atoms. The Hall–Kier alpha value is -0.910. The van der Waals surface area contributed by atoms with E-state index in [2.05, 4.69) is 12.2 Å². The summed E-state index contributed by atoms with van der Waals surface area (Å²) in [5.41, 5.74) is 1.28. The Morgan fingerprint density at radius 2 is 2.19 bits per heavy atom. The highest BCUT2D eigenvalue weighted by Gasteiger charge is 2.29. The Balaban J connectivity index is 1.69. The third-order valence-corrected chi connectivity index (χ3v) is 5.77. The Bertz CT molecular complexity index is 608. The van der Waals surface area contributed by atoms with Crippen LogP contribution in [0.4, 0.5) is 4.39 Å². The molecule has 5 heteroatoms. The molecular weight excluding hydrogens is 303 g/mol. The molecule has 1 aliphatic rings. The van der Waals surface area contributed by atoms with Gasteiger partial charge >= 0.3 is 0 Å². The Kier molecular flexibility index (Phi) is 4.93. The lowest BCUT2D eigenvalue weighted by atomic mass is 10.2. The number of rotatable bonds is 7. The Labute approximate surface area is 133 Å². The van der Waals surface area contributed by atoms with E-state index in [1.54, 1.807) is 17.4 Å². The van der Waals surface area contributed by atoms with E-state index in [-0.39, 0.29) is 5.82 Å². The third-order valence-electron chi connectivity index (χ3n) is 3.46. The fraction of sp³-hybridized carbons (Fsp3) is 0.438. The summed E-state index contributed by atoms with van der Waals surface area (Å²) < 4.78 is 13.6. The molecule has 2 aromatic rings. The number of aromatic nitrogens is 1. The van der Waals surface area contributed by atoms with Crippen LogP contribution in [0.5, 0.6) is 0 Å². The summed E-state index contributed by atoms with van der Waals surface area (Å²) in [5.74, 6) is 1.27. The minimum absolute atomic E-state index is 0.144. The molecule has 0 unspecified atom stereocenters. The van der Waals surface area contributed by atoms with E-state index in [0.717, 1.165) is 23.8 Å². The monoisotopic (exact) mass is 322 g/mol. The molecule has 1 N–H and O–H groups in total. The quantitative estimate of drug-likeness (QED) is 0.756. The van der Waals surface area contributed by atoms with Crippen LogP contribution in [-0.4, -0.2) is 11.5 Å². The average Bonchev–Trinajstić information content (AvgIpc) is 3.26. The van der Waals surface area contributed by atoms with Crippen LogP contribution in [0.1, 0.15) is 41.3 Å². The molecule has 0 saturated heterocycles. The maximum absolute atomic E-state index is 13.6. The van der Waals surface area contributed by atoms with E-state index in [9.17, 15) is 4.39 Å². The maximum atomic E-state index is 13.6. The largest absolute Gasteiger partial charge is 0.312 e. The van der Waals surface area contributed by atoms with Crippen LogP contribution in [0.2, 0.25) is 0 Å². The third kappa shape index (κ3) is 3.84. The lowest BCUT2D eigenvalue weighted by Crippen LogP contribution is -2.11. The molecule has 1 aliphatic carbocycles. The molecule has 1 saturated carbocycles. The first-order chi connectivity index (χ1) is 10.3. The van der Waals surface area contributed by atoms with Gasteiger partial charge in [-0.1, -0.05) is 19.1 Å². The average molecular weight is 322 g/mol. The Morgan fingerprint density at radius 3 is 2.90 bits per heavy atom. The first kappa shape index (κ1) is 15.0. The van der Waals surface area contributed by atoms with Gasteiger partial charge in [0.2, 0.25) is 0 Å². The summed E-state index contributed by atoms with van der Waals surface area (Å²) in [4.78, 5) is 6.87. The van der Waals surface area contributed by atoms with Crippen LogP contribution in [0, 0.1) is 5.82 Å². The summed E-state index contributed by atoms with van der Waals surface area (Å²) in [6.07, 6.45) is 2.53. The molecule has 1 fully saturated rings. The SMILES string of the molecule is CCNCc1sc(CSc2ccccc2F)nc1C1CC1. The number of hydrogen-bond donors (Lipinski definition) is 1. The number of thioether (sulfide) groups is 1. The summed E-state index contributed by atoms with van der Waals surface area (Å²) in [6, 6.07) is 6.94. The van der Waals surface area contributed by atoms with Gasteiger partial charge in [0.25, 0.3) is 0 Å². The summed E-state index contributed by atoms with van der Waals surface area (Å²) >= 11 is 3.31. The van der Waals surface area contributed by atoms with E-state index in [1.807, 2.05) is 12.1 Å². The van der Waals surface area contributed by atoms with Gasteiger partial charge < -0.3 is 5.32 Å². The molecule has 21 heavy (non-hydrogen) atoms. The van der Waals surface area contributed by atoms with Crippen molar-refractivity contribution in [3.05, 3.63) is 45.7 Å². The van der Waals surface area contributed by atoms with Gasteiger partial charge in [-0.15, -0.1) is 23.1 Å². The molecule has 3 rings (SSSR count). The molecule has 2 nitrogen and oxygen atoms in total. The lowest BCUT2D eigenvalue weighted by Gasteiger charge is -2.00. The maximum Gasteiger partial charge on any atom is 0.136 e. The molecule has 0 spiro atoms. The highest BCUT2D eigenvalue weighted by atomic mass is 32.2. The van der Waals surface area contributed by atoms with Gasteiger partial charge in [-0.3, -0.25) is 0 Å². The highest BCUT2D eigenvalue weighted by molar-refractivity contribution is 7.98. The number of hydrogen-bond acceptors (Lipinski definition) is 4. The highest BCUT2D eigenvalue weighted by Crippen LogP contribution is 2.43. The molecule has 0 aliphatic heterocycles. The van der Waals surface area contributed by atoms with Crippen molar-refractivity contribution in [1.82, 2.24) is 10.3 Å². The van der Waals surface area contributed by atoms with E-state index in [4.69, 9.17) is 4.98 Å². The van der Waals surface area contributed by atoms with Gasteiger partial charge in [-0.05, 0) is 31.5 Å². The molecular formula is C16H19FN2S2. The number of benzene rings is 1. The minimum Gasteiger partial charge on any atom is -0.312 e. The smallest absolute Gasteiger partial charge is 0.136 e. The molecule has 1 aromatic carbocycles. The van der Waals surface area contributed by atoms with E-state index in [0.29, 0.717) is 10.8 Å². The number of nitrogens with zero attached hydrogens (tertiary/aromatic N) is 1. The van der Waals surface area contributed by atoms with Crippen LogP contribution >= 0.6 is 23.1 Å². The van der Waals surface area contributed by atoms with Crippen LogP contribution < -0.4 is 5.32 Å². The predicted octanol–water partition coefficient (Wildman–Crippen LogP) is 4.56. The van der Waals surface area contributed by atoms with Crippen LogP contribution in [0.15, 0.2) is 29.2 Å². The Morgan fingerprint density at radius 1 is 1.38 bits per heavy atom. The van der Waals surface area contributed by atoms with Crippen molar-refractivity contribution < 1.29 is 4.39 Å². The van der Waals surface area contributed by atoms with Crippen LogP contribution in [0.3, 0.4) is 0 Å². The second-order valence-electron chi connectivity index (χ2n) is 5.19. The normalized spacial score (nSPS) is 14.6. The minimum atomic E-state index is -0.144. The van der Waals surface area contributed by atoms with Crippen molar-refractivity contribution in [1.29, 1.82) is 0 Å². The summed E-state index contributed by atoms with van der Waals surface area (Å²) in [6.45, 7) is 4.00. The van der Waals surface area contributed by atoms with Crippen molar-refractivity contribution >= 4 is 23.1 Å². The topological polar surface area (TPSA) is 24.9 Å². The molecule has 0 radical (unpaired) electrons. The van der Waals surface area contributed by atoms with Gasteiger partial charge in [-0.25, -0.2) is 9.37 Å². The zero-order valence-corrected chi connectivity index (χ0v) is 13.7. The fourth-order valence-electron chi connectivity index (χ4n) is 2.22. The van der Waals surface area contributed by atoms with Crippen molar-refractivity contribution in [2.75, 3.05) is 6.54 Å². The lowest BCUT2D eigenvalue weighted by molar-refractivity contribution is 0.602. The molecule has 0 amide bonds. The first-order valence-electron chi connectivity index (χ1n) is 7.34. The second-order valence-corrected chi connectivity index (χ2v) is 7.38. The molecule has 1 aromatic heterocycles. The summed E-state index contributed by atoms with van der Waals surface area (Å²) in [7, 11) is 0. The van der Waals surface area contributed by atoms with Crippen molar-refractivity contribution in [3.8, 4) is 0 Å². The van der Waals surface area contributed by atoms with Crippen LogP contribution in [-0.2, 0) is 12.3 Å². The number of halogens is 1. The van der Waals surface area contributed by atoms with Gasteiger partial charge in [-0.2, -0.15) is 0 Å². The first-order valence-corrected chi connectivity index (χ1v) is 9.14. The zero-order chi connectivity index (χ0) is 14.7. The van der Waals surface area contributed by atoms with E-state index < -0.39 is 0 Å². The fourth-order valence-corrected chi connectivity index (χ4v) is 4.27. The van der Waals surface area contributed by atoms with Crippen molar-refractivity contribution in [3.63, 3.8) is 0 Å². The van der Waals surface area contributed by atoms with Crippen molar-refractivity contribution in [2.24, 2.45) is 0 Å². The number of thiazole rings is 1. The van der Waals surface area contributed by atoms with E-state index >= 15 is 0 Å². The number of nitrogens with one attached hydrogen (secondary N) is 1. The van der Waals surface area contributed by atoms with E-state index in [1.165, 1.54) is 41.2 Å². The second kappa shape index (κ2) is 6.90. The molecule has 0 atom stereocenters. The van der Waals surface area contributed by atoms with Crippen molar-refractivity contribution in [2.45, 2.75) is 42.9 Å². The standard InChI is InChI=1S/C16H19FN2S2/c1-2-18-9-14-16(11-7-8-11)19-15(21-14)10-20-13-6-4-3-5-12(13)17/h3-6,11,18H,2,7-10H2,1H3. The molecule has 112 valence electrons.